The van der Waals surface area contributed by atoms with E-state index in [0.717, 1.165) is 6.42 Å². The summed E-state index contributed by atoms with van der Waals surface area (Å²) in [6.07, 6.45) is 4.38. The maximum atomic E-state index is 6.32. The van der Waals surface area contributed by atoms with Gasteiger partial charge in [0.25, 0.3) is 0 Å². The SMILES string of the molecule is CCCC1N=CC(C)(C)C(N)C1(C)C. The smallest absolute Gasteiger partial charge is 0.0561 e. The average Bonchev–Trinajstić information content (AvgIpc) is 2.08. The second-order valence-corrected chi connectivity index (χ2v) is 5.70. The molecule has 0 aromatic carbocycles. The highest BCUT2D eigenvalue weighted by Crippen LogP contribution is 2.40. The van der Waals surface area contributed by atoms with Crippen molar-refractivity contribution in [3.05, 3.63) is 0 Å². The number of rotatable bonds is 2. The fourth-order valence-electron chi connectivity index (χ4n) is 2.44. The Kier molecular flexibility index (Phi) is 3.05. The quantitative estimate of drug-likeness (QED) is 0.724. The van der Waals surface area contributed by atoms with Crippen LogP contribution in [0, 0.1) is 10.8 Å². The molecule has 0 amide bonds. The molecular formula is C12H24N2. The molecule has 0 spiro atoms. The fraction of sp³-hybridized carbons (Fsp3) is 0.917. The summed E-state index contributed by atoms with van der Waals surface area (Å²) in [6, 6.07) is 0.597. The molecule has 0 saturated carbocycles. The predicted molar refractivity (Wildman–Crippen MR) is 62.7 cm³/mol. The summed E-state index contributed by atoms with van der Waals surface area (Å²) in [7, 11) is 0. The molecule has 2 N–H and O–H groups in total. The zero-order valence-corrected chi connectivity index (χ0v) is 10.2. The summed E-state index contributed by atoms with van der Waals surface area (Å²) in [4.78, 5) is 4.67. The van der Waals surface area contributed by atoms with Gasteiger partial charge in [-0.3, -0.25) is 4.99 Å². The first-order chi connectivity index (χ1) is 6.32. The normalized spacial score (nSPS) is 34.4. The van der Waals surface area contributed by atoms with E-state index < -0.39 is 0 Å². The van der Waals surface area contributed by atoms with Gasteiger partial charge in [-0.15, -0.1) is 0 Å². The molecule has 2 atom stereocenters. The van der Waals surface area contributed by atoms with Crippen LogP contribution in [-0.2, 0) is 0 Å². The predicted octanol–water partition coefficient (Wildman–Crippen LogP) is 2.62. The number of nitrogens with zero attached hydrogens (tertiary/aromatic N) is 1. The molecule has 0 saturated heterocycles. The molecule has 1 aliphatic rings. The molecule has 2 unspecified atom stereocenters. The number of nitrogens with two attached hydrogens (primary N) is 1. The van der Waals surface area contributed by atoms with Crippen molar-refractivity contribution < 1.29 is 0 Å². The van der Waals surface area contributed by atoms with Gasteiger partial charge in [-0.25, -0.2) is 0 Å². The third kappa shape index (κ3) is 1.85. The van der Waals surface area contributed by atoms with Gasteiger partial charge >= 0.3 is 0 Å². The summed E-state index contributed by atoms with van der Waals surface area (Å²) >= 11 is 0. The van der Waals surface area contributed by atoms with Crippen molar-refractivity contribution in [3.8, 4) is 0 Å². The van der Waals surface area contributed by atoms with E-state index in [0.29, 0.717) is 6.04 Å². The number of hydrogen-bond acceptors (Lipinski definition) is 2. The molecule has 2 nitrogen and oxygen atoms in total. The summed E-state index contributed by atoms with van der Waals surface area (Å²) in [6.45, 7) is 11.0. The molecule has 0 radical (unpaired) electrons. The minimum atomic E-state index is 0.0355. The second kappa shape index (κ2) is 3.65. The molecule has 1 rings (SSSR count). The van der Waals surface area contributed by atoms with Crippen molar-refractivity contribution in [2.45, 2.75) is 59.5 Å². The lowest BCUT2D eigenvalue weighted by Crippen LogP contribution is -2.56. The standard InChI is InChI=1S/C12H24N2/c1-6-7-9-12(4,5)10(13)11(2,3)8-14-9/h8-10H,6-7,13H2,1-5H3. The Morgan fingerprint density at radius 1 is 1.29 bits per heavy atom. The van der Waals surface area contributed by atoms with Crippen LogP contribution in [0.25, 0.3) is 0 Å². The first-order valence-corrected chi connectivity index (χ1v) is 5.62. The molecule has 2 heteroatoms. The highest BCUT2D eigenvalue weighted by atomic mass is 14.9. The van der Waals surface area contributed by atoms with Gasteiger partial charge in [0.2, 0.25) is 0 Å². The third-order valence-electron chi connectivity index (χ3n) is 3.61. The Morgan fingerprint density at radius 2 is 1.86 bits per heavy atom. The molecule has 0 bridgehead atoms. The Hall–Kier alpha value is -0.370. The van der Waals surface area contributed by atoms with Crippen LogP contribution in [0.5, 0.6) is 0 Å². The van der Waals surface area contributed by atoms with Crippen molar-refractivity contribution in [2.24, 2.45) is 21.6 Å². The van der Waals surface area contributed by atoms with Crippen LogP contribution >= 0.6 is 0 Å². The van der Waals surface area contributed by atoms with Crippen LogP contribution in [0.2, 0.25) is 0 Å². The van der Waals surface area contributed by atoms with E-state index in [9.17, 15) is 0 Å². The van der Waals surface area contributed by atoms with Gasteiger partial charge in [0, 0.05) is 23.1 Å². The molecule has 14 heavy (non-hydrogen) atoms. The molecule has 82 valence electrons. The van der Waals surface area contributed by atoms with Crippen LogP contribution in [0.4, 0.5) is 0 Å². The minimum Gasteiger partial charge on any atom is -0.326 e. The van der Waals surface area contributed by atoms with Crippen LogP contribution in [0.1, 0.15) is 47.5 Å². The zero-order valence-electron chi connectivity index (χ0n) is 10.2. The highest BCUT2D eigenvalue weighted by molar-refractivity contribution is 5.67. The molecule has 0 aromatic heterocycles. The molecule has 1 heterocycles. The van der Waals surface area contributed by atoms with E-state index in [-0.39, 0.29) is 16.9 Å². The maximum Gasteiger partial charge on any atom is 0.0561 e. The average molecular weight is 196 g/mol. The van der Waals surface area contributed by atoms with E-state index in [1.807, 2.05) is 0 Å². The fourth-order valence-corrected chi connectivity index (χ4v) is 2.44. The maximum absolute atomic E-state index is 6.32. The van der Waals surface area contributed by atoms with Crippen LogP contribution < -0.4 is 5.73 Å². The Labute approximate surface area is 88.0 Å². The van der Waals surface area contributed by atoms with E-state index in [4.69, 9.17) is 5.73 Å². The van der Waals surface area contributed by atoms with Gasteiger partial charge in [0.05, 0.1) is 6.04 Å². The van der Waals surface area contributed by atoms with Gasteiger partial charge in [-0.05, 0) is 6.42 Å². The van der Waals surface area contributed by atoms with Crippen molar-refractivity contribution in [3.63, 3.8) is 0 Å². The molecule has 0 aromatic rings. The van der Waals surface area contributed by atoms with Gasteiger partial charge in [-0.2, -0.15) is 0 Å². The summed E-state index contributed by atoms with van der Waals surface area (Å²) < 4.78 is 0. The topological polar surface area (TPSA) is 38.4 Å². The lowest BCUT2D eigenvalue weighted by Gasteiger charge is -2.47. The Morgan fingerprint density at radius 3 is 2.36 bits per heavy atom. The monoisotopic (exact) mass is 196 g/mol. The number of hydrogen-bond donors (Lipinski definition) is 1. The largest absolute Gasteiger partial charge is 0.326 e. The van der Waals surface area contributed by atoms with E-state index in [1.54, 1.807) is 0 Å². The van der Waals surface area contributed by atoms with E-state index >= 15 is 0 Å². The molecule has 1 aliphatic heterocycles. The highest BCUT2D eigenvalue weighted by Gasteiger charge is 2.44. The second-order valence-electron chi connectivity index (χ2n) is 5.70. The van der Waals surface area contributed by atoms with E-state index in [1.165, 1.54) is 6.42 Å². The summed E-state index contributed by atoms with van der Waals surface area (Å²) in [5.41, 5.74) is 6.47. The van der Waals surface area contributed by atoms with E-state index in [2.05, 4.69) is 45.8 Å². The van der Waals surface area contributed by atoms with Crippen molar-refractivity contribution in [1.82, 2.24) is 0 Å². The van der Waals surface area contributed by atoms with Crippen molar-refractivity contribution in [2.75, 3.05) is 0 Å². The molecular weight excluding hydrogens is 172 g/mol. The Balaban J connectivity index is 2.94. The van der Waals surface area contributed by atoms with Crippen LogP contribution in [-0.4, -0.2) is 18.3 Å². The van der Waals surface area contributed by atoms with Crippen LogP contribution in [0.3, 0.4) is 0 Å². The summed E-state index contributed by atoms with van der Waals surface area (Å²) in [5, 5.41) is 0. The zero-order chi connectivity index (χ0) is 11.0. The van der Waals surface area contributed by atoms with Crippen molar-refractivity contribution in [1.29, 1.82) is 0 Å². The number of aliphatic imine (C=N–C) groups is 1. The minimum absolute atomic E-state index is 0.0355. The van der Waals surface area contributed by atoms with Gasteiger partial charge in [-0.1, -0.05) is 41.0 Å². The lowest BCUT2D eigenvalue weighted by atomic mass is 9.64. The van der Waals surface area contributed by atoms with Gasteiger partial charge < -0.3 is 5.73 Å². The first kappa shape index (κ1) is 11.7. The van der Waals surface area contributed by atoms with Crippen LogP contribution in [0.15, 0.2) is 4.99 Å². The Bertz CT molecular complexity index is 228. The third-order valence-corrected chi connectivity index (χ3v) is 3.61. The van der Waals surface area contributed by atoms with Crippen molar-refractivity contribution >= 4 is 6.21 Å². The van der Waals surface area contributed by atoms with Gasteiger partial charge in [0.15, 0.2) is 0 Å². The van der Waals surface area contributed by atoms with Gasteiger partial charge in [0.1, 0.15) is 0 Å². The molecule has 0 aliphatic carbocycles. The lowest BCUT2D eigenvalue weighted by molar-refractivity contribution is 0.141. The first-order valence-electron chi connectivity index (χ1n) is 5.62. The summed E-state index contributed by atoms with van der Waals surface area (Å²) in [5.74, 6) is 0. The molecule has 0 fully saturated rings.